The van der Waals surface area contributed by atoms with Crippen molar-refractivity contribution >= 4 is 16.0 Å². The molecular weight excluding hydrogens is 330 g/mol. The second-order valence-electron chi connectivity index (χ2n) is 4.89. The Labute approximate surface area is 141 Å². The van der Waals surface area contributed by atoms with Crippen molar-refractivity contribution in [3.63, 3.8) is 0 Å². The second-order valence-corrected chi connectivity index (χ2v) is 6.61. The lowest BCUT2D eigenvalue weighted by molar-refractivity contribution is -0.145. The Morgan fingerprint density at radius 3 is 2.25 bits per heavy atom. The van der Waals surface area contributed by atoms with Gasteiger partial charge in [0.25, 0.3) is 0 Å². The Hall–Kier alpha value is -2.38. The maximum atomic E-state index is 12.6. The number of carbonyl (C=O) groups is 1. The van der Waals surface area contributed by atoms with E-state index in [1.165, 1.54) is 31.4 Å². The summed E-state index contributed by atoms with van der Waals surface area (Å²) in [5, 5.41) is 0. The molecule has 0 aromatic heterocycles. The Morgan fingerprint density at radius 1 is 1.08 bits per heavy atom. The summed E-state index contributed by atoms with van der Waals surface area (Å²) in [6, 6.07) is 13.3. The Kier molecular flexibility index (Phi) is 5.94. The number of hydrogen-bond acceptors (Lipinski definition) is 5. The van der Waals surface area contributed by atoms with Crippen LogP contribution in [0.4, 0.5) is 0 Å². The number of methoxy groups -OCH3 is 1. The fraction of sp³-hybridized carbons (Fsp3) is 0.235. The number of hydrogen-bond donors (Lipinski definition) is 1. The first-order valence-electron chi connectivity index (χ1n) is 7.36. The smallest absolute Gasteiger partial charge is 0.328 e. The molecule has 2 rings (SSSR count). The van der Waals surface area contributed by atoms with E-state index in [-0.39, 0.29) is 11.5 Å². The minimum atomic E-state index is -3.90. The van der Waals surface area contributed by atoms with Crippen LogP contribution < -0.4 is 9.46 Å². The molecular formula is C17H19NO5S. The highest BCUT2D eigenvalue weighted by Gasteiger charge is 2.28. The lowest BCUT2D eigenvalue weighted by atomic mass is 10.1. The Bertz CT molecular complexity index is 772. The first kappa shape index (κ1) is 18.0. The molecule has 0 radical (unpaired) electrons. The second kappa shape index (κ2) is 7.94. The van der Waals surface area contributed by atoms with Crippen LogP contribution in [-0.2, 0) is 19.6 Å². The fourth-order valence-electron chi connectivity index (χ4n) is 2.10. The quantitative estimate of drug-likeness (QED) is 0.776. The summed E-state index contributed by atoms with van der Waals surface area (Å²) in [5.41, 5.74) is 0.507. The van der Waals surface area contributed by atoms with Crippen molar-refractivity contribution in [2.75, 3.05) is 13.7 Å². The van der Waals surface area contributed by atoms with Crippen LogP contribution in [0.2, 0.25) is 0 Å². The third-order valence-corrected chi connectivity index (χ3v) is 4.74. The monoisotopic (exact) mass is 349 g/mol. The van der Waals surface area contributed by atoms with Crippen molar-refractivity contribution in [2.45, 2.75) is 17.9 Å². The molecule has 0 saturated heterocycles. The van der Waals surface area contributed by atoms with Crippen LogP contribution in [0.5, 0.6) is 5.75 Å². The van der Waals surface area contributed by atoms with Crippen LogP contribution in [0, 0.1) is 0 Å². The summed E-state index contributed by atoms with van der Waals surface area (Å²) in [6.07, 6.45) is 0. The Morgan fingerprint density at radius 2 is 1.71 bits per heavy atom. The van der Waals surface area contributed by atoms with Crippen LogP contribution in [0.3, 0.4) is 0 Å². The van der Waals surface area contributed by atoms with Gasteiger partial charge in [-0.15, -0.1) is 0 Å². The van der Waals surface area contributed by atoms with Gasteiger partial charge in [-0.3, -0.25) is 0 Å². The highest BCUT2D eigenvalue weighted by Crippen LogP contribution is 2.20. The molecule has 2 aromatic carbocycles. The average Bonchev–Trinajstić information content (AvgIpc) is 2.60. The van der Waals surface area contributed by atoms with Gasteiger partial charge in [0, 0.05) is 0 Å². The van der Waals surface area contributed by atoms with E-state index in [0.29, 0.717) is 11.3 Å². The van der Waals surface area contributed by atoms with Gasteiger partial charge in [0.15, 0.2) is 0 Å². The van der Waals surface area contributed by atoms with E-state index in [2.05, 4.69) is 4.72 Å². The third kappa shape index (κ3) is 4.33. The number of carbonyl (C=O) groups excluding carboxylic acids is 1. The molecule has 0 aliphatic heterocycles. The van der Waals surface area contributed by atoms with Crippen molar-refractivity contribution in [1.29, 1.82) is 0 Å². The zero-order valence-corrected chi connectivity index (χ0v) is 14.2. The molecule has 2 aromatic rings. The number of benzene rings is 2. The standard InChI is InChI=1S/C17H19NO5S/c1-3-23-17(19)16(13-7-5-4-6-8-13)18-24(20,21)15-11-9-14(22-2)10-12-15/h4-12,16,18H,3H2,1-2H3. The highest BCUT2D eigenvalue weighted by molar-refractivity contribution is 7.89. The lowest BCUT2D eigenvalue weighted by Gasteiger charge is -2.18. The SMILES string of the molecule is CCOC(=O)C(NS(=O)(=O)c1ccc(OC)cc1)c1ccccc1. The number of nitrogens with one attached hydrogen (secondary N) is 1. The number of rotatable bonds is 7. The van der Waals surface area contributed by atoms with E-state index in [1.54, 1.807) is 37.3 Å². The molecule has 0 bridgehead atoms. The van der Waals surface area contributed by atoms with Gasteiger partial charge in [-0.2, -0.15) is 4.72 Å². The number of ether oxygens (including phenoxy) is 2. The first-order chi connectivity index (χ1) is 11.5. The summed E-state index contributed by atoms with van der Waals surface area (Å²) in [5.74, 6) is -0.111. The number of sulfonamides is 1. The summed E-state index contributed by atoms with van der Waals surface area (Å²) < 4.78 is 37.5. The maximum absolute atomic E-state index is 12.6. The molecule has 6 nitrogen and oxygen atoms in total. The van der Waals surface area contributed by atoms with Crippen LogP contribution in [0.15, 0.2) is 59.5 Å². The molecule has 128 valence electrons. The minimum Gasteiger partial charge on any atom is -0.497 e. The van der Waals surface area contributed by atoms with Crippen LogP contribution in [0.1, 0.15) is 18.5 Å². The third-order valence-electron chi connectivity index (χ3n) is 3.30. The van der Waals surface area contributed by atoms with E-state index in [4.69, 9.17) is 9.47 Å². The van der Waals surface area contributed by atoms with E-state index in [0.717, 1.165) is 0 Å². The van der Waals surface area contributed by atoms with Gasteiger partial charge >= 0.3 is 5.97 Å². The first-order valence-corrected chi connectivity index (χ1v) is 8.84. The zero-order valence-electron chi connectivity index (χ0n) is 13.4. The molecule has 1 atom stereocenters. The van der Waals surface area contributed by atoms with Crippen LogP contribution in [-0.4, -0.2) is 28.1 Å². The molecule has 0 fully saturated rings. The highest BCUT2D eigenvalue weighted by atomic mass is 32.2. The summed E-state index contributed by atoms with van der Waals surface area (Å²) in [6.45, 7) is 1.82. The summed E-state index contributed by atoms with van der Waals surface area (Å²) >= 11 is 0. The van der Waals surface area contributed by atoms with Gasteiger partial charge in [0.2, 0.25) is 10.0 Å². The molecule has 0 saturated carbocycles. The van der Waals surface area contributed by atoms with E-state index in [1.807, 2.05) is 0 Å². The van der Waals surface area contributed by atoms with Crippen molar-refractivity contribution in [3.05, 3.63) is 60.2 Å². The number of esters is 1. The molecule has 7 heteroatoms. The summed E-state index contributed by atoms with van der Waals surface area (Å²) in [4.78, 5) is 12.2. The van der Waals surface area contributed by atoms with Gasteiger partial charge in [0.05, 0.1) is 18.6 Å². The van der Waals surface area contributed by atoms with E-state index in [9.17, 15) is 13.2 Å². The predicted molar refractivity (Wildman–Crippen MR) is 89.1 cm³/mol. The minimum absolute atomic E-state index is 0.0357. The molecule has 1 N–H and O–H groups in total. The topological polar surface area (TPSA) is 81.7 Å². The van der Waals surface area contributed by atoms with Gasteiger partial charge < -0.3 is 9.47 Å². The maximum Gasteiger partial charge on any atom is 0.328 e. The molecule has 0 heterocycles. The van der Waals surface area contributed by atoms with Gasteiger partial charge in [-0.1, -0.05) is 30.3 Å². The molecule has 0 aliphatic rings. The summed E-state index contributed by atoms with van der Waals surface area (Å²) in [7, 11) is -2.41. The van der Waals surface area contributed by atoms with Crippen molar-refractivity contribution in [3.8, 4) is 5.75 Å². The fourth-order valence-corrected chi connectivity index (χ4v) is 3.27. The average molecular weight is 349 g/mol. The van der Waals surface area contributed by atoms with E-state index >= 15 is 0 Å². The predicted octanol–water partition coefficient (Wildman–Crippen LogP) is 2.28. The molecule has 0 spiro atoms. The van der Waals surface area contributed by atoms with Gasteiger partial charge in [0.1, 0.15) is 11.8 Å². The van der Waals surface area contributed by atoms with Crippen molar-refractivity contribution < 1.29 is 22.7 Å². The molecule has 1 unspecified atom stereocenters. The van der Waals surface area contributed by atoms with Gasteiger partial charge in [-0.05, 0) is 36.8 Å². The van der Waals surface area contributed by atoms with E-state index < -0.39 is 22.0 Å². The van der Waals surface area contributed by atoms with Crippen LogP contribution >= 0.6 is 0 Å². The molecule has 0 aliphatic carbocycles. The van der Waals surface area contributed by atoms with Crippen molar-refractivity contribution in [1.82, 2.24) is 4.72 Å². The van der Waals surface area contributed by atoms with Crippen molar-refractivity contribution in [2.24, 2.45) is 0 Å². The molecule has 24 heavy (non-hydrogen) atoms. The van der Waals surface area contributed by atoms with Gasteiger partial charge in [-0.25, -0.2) is 13.2 Å². The normalized spacial score (nSPS) is 12.4. The van der Waals surface area contributed by atoms with Crippen LogP contribution in [0.25, 0.3) is 0 Å². The lowest BCUT2D eigenvalue weighted by Crippen LogP contribution is -2.35. The molecule has 0 amide bonds. The Balaban J connectivity index is 2.31. The largest absolute Gasteiger partial charge is 0.497 e. The zero-order chi connectivity index (χ0) is 17.6.